The van der Waals surface area contributed by atoms with E-state index in [-0.39, 0.29) is 18.2 Å². The van der Waals surface area contributed by atoms with Crippen molar-refractivity contribution in [2.45, 2.75) is 20.8 Å². The van der Waals surface area contributed by atoms with Crippen molar-refractivity contribution in [1.29, 1.82) is 0 Å². The maximum absolute atomic E-state index is 12.2. The molecule has 0 aromatic heterocycles. The number of nitrogens with one attached hydrogen (secondary N) is 2. The summed E-state index contributed by atoms with van der Waals surface area (Å²) in [5.41, 5.74) is 4.57. The first-order valence-corrected chi connectivity index (χ1v) is 7.17. The van der Waals surface area contributed by atoms with Crippen molar-refractivity contribution >= 4 is 23.1 Å². The van der Waals surface area contributed by atoms with Crippen molar-refractivity contribution in [3.8, 4) is 0 Å². The minimum Gasteiger partial charge on any atom is -0.378 e. The van der Waals surface area contributed by atoms with Crippen LogP contribution in [0, 0.1) is 13.8 Å². The van der Waals surface area contributed by atoms with E-state index in [1.54, 1.807) is 24.3 Å². The first kappa shape index (κ1) is 15.8. The van der Waals surface area contributed by atoms with E-state index in [1.165, 1.54) is 6.92 Å². The van der Waals surface area contributed by atoms with Crippen LogP contribution < -0.4 is 10.6 Å². The zero-order valence-electron chi connectivity index (χ0n) is 13.1. The smallest absolute Gasteiger partial charge is 0.221 e. The van der Waals surface area contributed by atoms with Crippen molar-refractivity contribution in [1.82, 2.24) is 0 Å². The number of hydrogen-bond acceptors (Lipinski definition) is 3. The normalized spacial score (nSPS) is 10.1. The second kappa shape index (κ2) is 6.89. The minimum atomic E-state index is -0.129. The third-order valence-electron chi connectivity index (χ3n) is 3.20. The summed E-state index contributed by atoms with van der Waals surface area (Å²) in [6.07, 6.45) is 0. The first-order chi connectivity index (χ1) is 10.4. The standard InChI is InChI=1S/C18H20N2O2/c1-12-8-13(2)10-17(9-12)19-11-18(22)15-4-6-16(7-5-15)20-14(3)21/h4-10,19H,11H2,1-3H3,(H,20,21). The Kier molecular flexibility index (Phi) is 4.94. The summed E-state index contributed by atoms with van der Waals surface area (Å²) in [6.45, 7) is 5.75. The predicted molar refractivity (Wildman–Crippen MR) is 89.5 cm³/mol. The highest BCUT2D eigenvalue weighted by atomic mass is 16.1. The minimum absolute atomic E-state index is 0.00790. The van der Waals surface area contributed by atoms with Crippen LogP contribution in [0.3, 0.4) is 0 Å². The van der Waals surface area contributed by atoms with Crippen molar-refractivity contribution < 1.29 is 9.59 Å². The van der Waals surface area contributed by atoms with Crippen LogP contribution in [0.1, 0.15) is 28.4 Å². The molecule has 0 atom stereocenters. The molecule has 2 rings (SSSR count). The van der Waals surface area contributed by atoms with Crippen LogP contribution in [0.15, 0.2) is 42.5 Å². The molecular formula is C18H20N2O2. The van der Waals surface area contributed by atoms with E-state index in [0.29, 0.717) is 11.3 Å². The molecule has 2 aromatic carbocycles. The highest BCUT2D eigenvalue weighted by Gasteiger charge is 2.06. The monoisotopic (exact) mass is 296 g/mol. The lowest BCUT2D eigenvalue weighted by Crippen LogP contribution is -2.14. The number of amides is 1. The third kappa shape index (κ3) is 4.45. The summed E-state index contributed by atoms with van der Waals surface area (Å²) in [7, 11) is 0. The molecule has 0 unspecified atom stereocenters. The largest absolute Gasteiger partial charge is 0.378 e. The maximum atomic E-state index is 12.2. The molecule has 0 bridgehead atoms. The number of ketones is 1. The quantitative estimate of drug-likeness (QED) is 0.829. The van der Waals surface area contributed by atoms with E-state index < -0.39 is 0 Å². The van der Waals surface area contributed by atoms with E-state index in [1.807, 2.05) is 26.0 Å². The molecule has 0 aliphatic carbocycles. The molecule has 0 saturated heterocycles. The van der Waals surface area contributed by atoms with Gasteiger partial charge in [0, 0.05) is 23.9 Å². The number of aryl methyl sites for hydroxylation is 2. The first-order valence-electron chi connectivity index (χ1n) is 7.17. The third-order valence-corrected chi connectivity index (χ3v) is 3.20. The second-order valence-corrected chi connectivity index (χ2v) is 5.41. The summed E-state index contributed by atoms with van der Waals surface area (Å²) in [6, 6.07) is 13.0. The van der Waals surface area contributed by atoms with Crippen LogP contribution >= 0.6 is 0 Å². The molecule has 4 nitrogen and oxygen atoms in total. The van der Waals surface area contributed by atoms with Crippen LogP contribution in [-0.4, -0.2) is 18.2 Å². The van der Waals surface area contributed by atoms with Gasteiger partial charge >= 0.3 is 0 Å². The fraction of sp³-hybridized carbons (Fsp3) is 0.222. The molecule has 0 aliphatic rings. The van der Waals surface area contributed by atoms with Gasteiger partial charge in [-0.1, -0.05) is 6.07 Å². The van der Waals surface area contributed by atoms with E-state index in [9.17, 15) is 9.59 Å². The SMILES string of the molecule is CC(=O)Nc1ccc(C(=O)CNc2cc(C)cc(C)c2)cc1. The number of anilines is 2. The van der Waals surface area contributed by atoms with Crippen molar-refractivity contribution in [3.05, 3.63) is 59.2 Å². The van der Waals surface area contributed by atoms with E-state index >= 15 is 0 Å². The predicted octanol–water partition coefficient (Wildman–Crippen LogP) is 3.56. The molecule has 0 heterocycles. The number of rotatable bonds is 5. The number of benzene rings is 2. The Morgan fingerprint density at radius 2 is 1.50 bits per heavy atom. The fourth-order valence-corrected chi connectivity index (χ4v) is 2.30. The van der Waals surface area contributed by atoms with Gasteiger partial charge in [0.25, 0.3) is 0 Å². The summed E-state index contributed by atoms with van der Waals surface area (Å²) in [5.74, 6) is -0.121. The van der Waals surface area contributed by atoms with Gasteiger partial charge in [0.2, 0.25) is 5.91 Å². The molecule has 0 spiro atoms. The van der Waals surface area contributed by atoms with Gasteiger partial charge < -0.3 is 10.6 Å². The topological polar surface area (TPSA) is 58.2 Å². The fourth-order valence-electron chi connectivity index (χ4n) is 2.30. The van der Waals surface area contributed by atoms with E-state index in [2.05, 4.69) is 16.7 Å². The number of carbonyl (C=O) groups is 2. The average molecular weight is 296 g/mol. The van der Waals surface area contributed by atoms with E-state index in [4.69, 9.17) is 0 Å². The Morgan fingerprint density at radius 3 is 2.05 bits per heavy atom. The van der Waals surface area contributed by atoms with Crippen LogP contribution in [0.5, 0.6) is 0 Å². The molecule has 2 N–H and O–H groups in total. The van der Waals surface area contributed by atoms with Gasteiger partial charge in [-0.25, -0.2) is 0 Å². The highest BCUT2D eigenvalue weighted by Crippen LogP contribution is 2.14. The Morgan fingerprint density at radius 1 is 0.909 bits per heavy atom. The summed E-state index contributed by atoms with van der Waals surface area (Å²) in [4.78, 5) is 23.1. The Hall–Kier alpha value is -2.62. The molecule has 22 heavy (non-hydrogen) atoms. The molecule has 2 aromatic rings. The van der Waals surface area contributed by atoms with Crippen LogP contribution in [0.25, 0.3) is 0 Å². The summed E-state index contributed by atoms with van der Waals surface area (Å²) in [5, 5.41) is 5.83. The van der Waals surface area contributed by atoms with Gasteiger partial charge in [-0.05, 0) is 61.4 Å². The van der Waals surface area contributed by atoms with Gasteiger partial charge in [-0.3, -0.25) is 9.59 Å². The van der Waals surface area contributed by atoms with Crippen molar-refractivity contribution in [2.24, 2.45) is 0 Å². The molecular weight excluding hydrogens is 276 g/mol. The van der Waals surface area contributed by atoms with Crippen LogP contribution in [0.4, 0.5) is 11.4 Å². The van der Waals surface area contributed by atoms with Gasteiger partial charge in [0.05, 0.1) is 6.54 Å². The summed E-state index contributed by atoms with van der Waals surface area (Å²) < 4.78 is 0. The zero-order chi connectivity index (χ0) is 16.1. The molecule has 4 heteroatoms. The van der Waals surface area contributed by atoms with Gasteiger partial charge in [-0.2, -0.15) is 0 Å². The van der Waals surface area contributed by atoms with Crippen molar-refractivity contribution in [2.75, 3.05) is 17.2 Å². The number of carbonyl (C=O) groups excluding carboxylic acids is 2. The molecule has 0 saturated carbocycles. The molecule has 0 fully saturated rings. The lowest BCUT2D eigenvalue weighted by molar-refractivity contribution is -0.114. The lowest BCUT2D eigenvalue weighted by atomic mass is 10.1. The van der Waals surface area contributed by atoms with Gasteiger partial charge in [0.15, 0.2) is 5.78 Å². The molecule has 1 amide bonds. The maximum Gasteiger partial charge on any atom is 0.221 e. The van der Waals surface area contributed by atoms with Crippen LogP contribution in [-0.2, 0) is 4.79 Å². The Bertz CT molecular complexity index is 670. The van der Waals surface area contributed by atoms with Crippen LogP contribution in [0.2, 0.25) is 0 Å². The van der Waals surface area contributed by atoms with E-state index in [0.717, 1.165) is 16.8 Å². The molecule has 0 radical (unpaired) electrons. The highest BCUT2D eigenvalue weighted by molar-refractivity contribution is 5.99. The summed E-state index contributed by atoms with van der Waals surface area (Å²) >= 11 is 0. The molecule has 114 valence electrons. The zero-order valence-corrected chi connectivity index (χ0v) is 13.1. The lowest BCUT2D eigenvalue weighted by Gasteiger charge is -2.09. The Labute approximate surface area is 130 Å². The van der Waals surface area contributed by atoms with Gasteiger partial charge in [-0.15, -0.1) is 0 Å². The van der Waals surface area contributed by atoms with Crippen molar-refractivity contribution in [3.63, 3.8) is 0 Å². The Balaban J connectivity index is 1.98. The average Bonchev–Trinajstić information content (AvgIpc) is 2.44. The second-order valence-electron chi connectivity index (χ2n) is 5.41. The number of hydrogen-bond donors (Lipinski definition) is 2. The molecule has 0 aliphatic heterocycles. The van der Waals surface area contributed by atoms with Gasteiger partial charge in [0.1, 0.15) is 0 Å². The number of Topliss-reactive ketones (excluding diaryl/α,β-unsaturated/α-hetero) is 1.